The summed E-state index contributed by atoms with van der Waals surface area (Å²) >= 11 is 0.207. The summed E-state index contributed by atoms with van der Waals surface area (Å²) in [7, 11) is 0. The van der Waals surface area contributed by atoms with Crippen LogP contribution in [0.3, 0.4) is 0 Å². The molecule has 5 heteroatoms. The molecule has 0 aromatic carbocycles. The van der Waals surface area contributed by atoms with Crippen LogP contribution < -0.4 is 0 Å². The topological polar surface area (TPSA) is 57.4 Å². The van der Waals surface area contributed by atoms with Crippen LogP contribution in [0.25, 0.3) is 11.6 Å². The van der Waals surface area contributed by atoms with E-state index in [1.807, 2.05) is 6.20 Å². The van der Waals surface area contributed by atoms with Crippen LogP contribution in [0, 0.1) is 0 Å². The first-order valence-corrected chi connectivity index (χ1v) is 7.57. The molecule has 0 aliphatic carbocycles. The summed E-state index contributed by atoms with van der Waals surface area (Å²) in [5.74, 6) is 2.07. The molecule has 0 spiro atoms. The maximum atomic E-state index is 4.35. The number of rotatable bonds is 2. The molecule has 0 bridgehead atoms. The van der Waals surface area contributed by atoms with Crippen molar-refractivity contribution in [3.05, 3.63) is 34.4 Å². The average molecular weight is 326 g/mol. The molecule has 1 unspecified atom stereocenters. The van der Waals surface area contributed by atoms with Crippen LogP contribution in [0.4, 0.5) is 0 Å². The minimum atomic E-state index is 0.207. The van der Waals surface area contributed by atoms with Crippen LogP contribution in [0.2, 0.25) is 0 Å². The lowest BCUT2D eigenvalue weighted by Crippen LogP contribution is -1.97. The van der Waals surface area contributed by atoms with Crippen molar-refractivity contribution >= 4 is 24.7 Å². The molecule has 82 valence electrons. The van der Waals surface area contributed by atoms with Gasteiger partial charge in [-0.3, -0.25) is 0 Å². The van der Waals surface area contributed by atoms with E-state index in [-0.39, 0.29) is 20.7 Å². The number of hydrogen-bond donors (Lipinski definition) is 2. The van der Waals surface area contributed by atoms with Gasteiger partial charge in [0.15, 0.2) is 11.6 Å². The summed E-state index contributed by atoms with van der Waals surface area (Å²) in [4.78, 5) is 14.9. The highest BCUT2D eigenvalue weighted by Gasteiger charge is 2.13. The normalized spacial score (nSPS) is 19.6. The third kappa shape index (κ3) is 1.87. The maximum Gasteiger partial charge on any atom is 0.173 e. The number of allylic oxidation sites excluding steroid dienone is 1. The number of nitrogens with one attached hydrogen (secondary N) is 2. The van der Waals surface area contributed by atoms with Crippen molar-refractivity contribution in [1.29, 1.82) is 0 Å². The van der Waals surface area contributed by atoms with Crippen LogP contribution in [0.5, 0.6) is 0 Å². The molecule has 2 N–H and O–H groups in total. The van der Waals surface area contributed by atoms with E-state index in [4.69, 9.17) is 0 Å². The van der Waals surface area contributed by atoms with Gasteiger partial charge in [-0.2, -0.15) is 0 Å². The molecular weight excluding hydrogens is 315 g/mol. The third-order valence-corrected chi connectivity index (χ3v) is 4.37. The van der Waals surface area contributed by atoms with Crippen LogP contribution in [-0.2, 0) is 0 Å². The number of hydrogen-bond acceptors (Lipinski definition) is 2. The van der Waals surface area contributed by atoms with E-state index in [2.05, 4.69) is 34.1 Å². The monoisotopic (exact) mass is 326 g/mol. The first-order valence-electron chi connectivity index (χ1n) is 5.08. The molecule has 1 aliphatic heterocycles. The summed E-state index contributed by atoms with van der Waals surface area (Å²) in [6, 6.07) is 0. The Hall–Kier alpha value is -1.24. The van der Waals surface area contributed by atoms with Gasteiger partial charge in [-0.25, -0.2) is 9.97 Å². The number of aromatic nitrogens is 4. The number of halogens is 1. The predicted molar refractivity (Wildman–Crippen MR) is 72.8 cm³/mol. The largest absolute Gasteiger partial charge is 0.342 e. The lowest BCUT2D eigenvalue weighted by molar-refractivity contribution is 0.874. The maximum absolute atomic E-state index is 4.35. The Morgan fingerprint density at radius 3 is 3.06 bits per heavy atom. The highest BCUT2D eigenvalue weighted by Crippen LogP contribution is 2.25. The molecule has 3 heterocycles. The fourth-order valence-corrected chi connectivity index (χ4v) is 3.55. The van der Waals surface area contributed by atoms with Crippen molar-refractivity contribution in [2.75, 3.05) is 0 Å². The Kier molecular flexibility index (Phi) is 2.69. The Morgan fingerprint density at radius 1 is 1.31 bits per heavy atom. The van der Waals surface area contributed by atoms with Gasteiger partial charge in [-0.15, -0.1) is 0 Å². The Bertz CT molecular complexity index is 524. The van der Waals surface area contributed by atoms with E-state index in [0.717, 1.165) is 18.1 Å². The number of imidazole rings is 2. The molecule has 1 atom stereocenters. The van der Waals surface area contributed by atoms with Crippen molar-refractivity contribution in [2.45, 2.75) is 12.3 Å². The molecule has 4 nitrogen and oxygen atoms in total. The zero-order valence-electron chi connectivity index (χ0n) is 8.52. The van der Waals surface area contributed by atoms with E-state index in [0.29, 0.717) is 5.92 Å². The first-order chi connectivity index (χ1) is 7.93. The Balaban J connectivity index is 1.88. The molecule has 0 radical (unpaired) electrons. The van der Waals surface area contributed by atoms with Crippen LogP contribution >= 0.6 is 20.7 Å². The summed E-state index contributed by atoms with van der Waals surface area (Å²) < 4.78 is 4.71. The zero-order chi connectivity index (χ0) is 10.8. The van der Waals surface area contributed by atoms with Gasteiger partial charge in [0.25, 0.3) is 0 Å². The van der Waals surface area contributed by atoms with E-state index in [1.54, 1.807) is 12.4 Å². The van der Waals surface area contributed by atoms with E-state index in [9.17, 15) is 0 Å². The van der Waals surface area contributed by atoms with Gasteiger partial charge < -0.3 is 9.97 Å². The number of nitrogens with zero attached hydrogens (tertiary/aromatic N) is 2. The van der Waals surface area contributed by atoms with Crippen LogP contribution in [0.15, 0.2) is 28.7 Å². The van der Waals surface area contributed by atoms with Gasteiger partial charge in [0.05, 0.1) is 0 Å². The van der Waals surface area contributed by atoms with Gasteiger partial charge in [-0.1, -0.05) is 26.8 Å². The van der Waals surface area contributed by atoms with Gasteiger partial charge in [-0.05, 0) is 14.5 Å². The quantitative estimate of drug-likeness (QED) is 0.834. The van der Waals surface area contributed by atoms with E-state index >= 15 is 0 Å². The SMILES string of the molecule is C1=CC(c2cnc(-c3ncc[nH]3)[nH]2)CC=I1. The Morgan fingerprint density at radius 2 is 2.31 bits per heavy atom. The second kappa shape index (κ2) is 4.32. The highest BCUT2D eigenvalue weighted by atomic mass is 127. The standard InChI is InChI=1S/C11H11IN4/c1-3-12-4-2-8(1)9-7-15-11(16-9)10-13-5-6-14-10/h1,3-8H,2H2,(H,13,14)(H,15,16). The van der Waals surface area contributed by atoms with Crippen molar-refractivity contribution in [3.8, 4) is 11.6 Å². The van der Waals surface area contributed by atoms with Crippen molar-refractivity contribution in [2.24, 2.45) is 0 Å². The number of aromatic amines is 2. The smallest absolute Gasteiger partial charge is 0.173 e. The molecule has 0 amide bonds. The minimum Gasteiger partial charge on any atom is -0.342 e. The predicted octanol–water partition coefficient (Wildman–Crippen LogP) is 2.57. The second-order valence-electron chi connectivity index (χ2n) is 3.57. The van der Waals surface area contributed by atoms with Gasteiger partial charge in [0.1, 0.15) is 0 Å². The zero-order valence-corrected chi connectivity index (χ0v) is 10.7. The number of H-pyrrole nitrogens is 2. The minimum absolute atomic E-state index is 0.207. The Labute approximate surface area is 103 Å². The van der Waals surface area contributed by atoms with Crippen molar-refractivity contribution < 1.29 is 0 Å². The molecule has 16 heavy (non-hydrogen) atoms. The first kappa shape index (κ1) is 9.95. The fraction of sp³-hybridized carbons (Fsp3) is 0.182. The van der Waals surface area contributed by atoms with Gasteiger partial charge >= 0.3 is 0 Å². The summed E-state index contributed by atoms with van der Waals surface area (Å²) in [6.07, 6.45) is 8.85. The van der Waals surface area contributed by atoms with E-state index < -0.39 is 0 Å². The lowest BCUT2D eigenvalue weighted by atomic mass is 10.0. The molecule has 0 fully saturated rings. The van der Waals surface area contributed by atoms with Crippen LogP contribution in [-0.4, -0.2) is 23.9 Å². The third-order valence-electron chi connectivity index (χ3n) is 2.53. The van der Waals surface area contributed by atoms with Crippen LogP contribution in [0.1, 0.15) is 18.0 Å². The molecule has 0 saturated heterocycles. The van der Waals surface area contributed by atoms with Crippen molar-refractivity contribution in [3.63, 3.8) is 0 Å². The van der Waals surface area contributed by atoms with Gasteiger partial charge in [0, 0.05) is 30.2 Å². The lowest BCUT2D eigenvalue weighted by Gasteiger charge is -2.09. The molecule has 1 aliphatic rings. The average Bonchev–Trinajstić information content (AvgIpc) is 3.01. The summed E-state index contributed by atoms with van der Waals surface area (Å²) in [5.41, 5.74) is 1.17. The highest BCUT2D eigenvalue weighted by molar-refractivity contribution is 14.2. The summed E-state index contributed by atoms with van der Waals surface area (Å²) in [6.45, 7) is 0. The molecule has 2 aromatic heterocycles. The fourth-order valence-electron chi connectivity index (χ4n) is 1.68. The molecule has 2 aromatic rings. The van der Waals surface area contributed by atoms with E-state index in [1.165, 1.54) is 5.69 Å². The summed E-state index contributed by atoms with van der Waals surface area (Å²) in [5, 5.41) is 0. The molecular formula is C11H11IN4. The molecule has 0 saturated carbocycles. The second-order valence-corrected chi connectivity index (χ2v) is 5.88. The van der Waals surface area contributed by atoms with Crippen molar-refractivity contribution in [1.82, 2.24) is 19.9 Å². The van der Waals surface area contributed by atoms with Gasteiger partial charge in [0.2, 0.25) is 0 Å². The molecule has 3 rings (SSSR count).